The molecule has 2 heterocycles. The zero-order valence-corrected chi connectivity index (χ0v) is 26.4. The average molecular weight is 601 g/mol. The molecule has 0 aliphatic heterocycles. The van der Waals surface area contributed by atoms with Crippen LogP contribution >= 0.6 is 0 Å². The molecule has 9 aromatic rings. The van der Waals surface area contributed by atoms with Crippen molar-refractivity contribution in [1.82, 2.24) is 9.13 Å². The van der Waals surface area contributed by atoms with Gasteiger partial charge in [0.2, 0.25) is 0 Å². The fourth-order valence-corrected chi connectivity index (χ4v) is 8.42. The second-order valence-electron chi connectivity index (χ2n) is 13.3. The lowest BCUT2D eigenvalue weighted by atomic mass is 9.81. The van der Waals surface area contributed by atoms with Gasteiger partial charge in [-0.15, -0.1) is 0 Å². The van der Waals surface area contributed by atoms with Crippen molar-refractivity contribution in [2.45, 2.75) is 19.3 Å². The predicted octanol–water partition coefficient (Wildman–Crippen LogP) is 11.9. The largest absolute Gasteiger partial charge is 0.309 e. The van der Waals surface area contributed by atoms with Gasteiger partial charge in [-0.25, -0.2) is 0 Å². The third-order valence-corrected chi connectivity index (χ3v) is 10.5. The predicted molar refractivity (Wildman–Crippen MR) is 198 cm³/mol. The molecule has 0 amide bonds. The van der Waals surface area contributed by atoms with Crippen LogP contribution in [0.2, 0.25) is 0 Å². The van der Waals surface area contributed by atoms with Crippen LogP contribution < -0.4 is 0 Å². The summed E-state index contributed by atoms with van der Waals surface area (Å²) in [7, 11) is 0. The number of hydrogen-bond acceptors (Lipinski definition) is 0. The molecule has 0 N–H and O–H groups in total. The third-order valence-electron chi connectivity index (χ3n) is 10.5. The van der Waals surface area contributed by atoms with Crippen LogP contribution in [0.5, 0.6) is 0 Å². The highest BCUT2D eigenvalue weighted by molar-refractivity contribution is 6.30. The van der Waals surface area contributed by atoms with Crippen molar-refractivity contribution in [3.05, 3.63) is 169 Å². The molecule has 222 valence electrons. The molecule has 2 aromatic heterocycles. The van der Waals surface area contributed by atoms with Crippen LogP contribution in [0.25, 0.3) is 77.2 Å². The second-order valence-corrected chi connectivity index (χ2v) is 13.3. The van der Waals surface area contributed by atoms with E-state index in [4.69, 9.17) is 0 Å². The molecule has 0 saturated carbocycles. The number of rotatable bonds is 3. The zero-order chi connectivity index (χ0) is 31.3. The molecule has 0 fully saturated rings. The summed E-state index contributed by atoms with van der Waals surface area (Å²) in [6.45, 7) is 4.73. The fourth-order valence-electron chi connectivity index (χ4n) is 8.42. The van der Waals surface area contributed by atoms with Crippen molar-refractivity contribution < 1.29 is 0 Å². The van der Waals surface area contributed by atoms with Gasteiger partial charge in [0.05, 0.1) is 22.1 Å². The maximum Gasteiger partial charge on any atom is 0.0619 e. The Morgan fingerprint density at radius 3 is 1.77 bits per heavy atom. The van der Waals surface area contributed by atoms with E-state index in [1.165, 1.54) is 88.4 Å². The fraction of sp³-hybridized carbons (Fsp3) is 0.0667. The van der Waals surface area contributed by atoms with E-state index >= 15 is 0 Å². The third kappa shape index (κ3) is 3.56. The minimum absolute atomic E-state index is 0.0621. The first-order valence-corrected chi connectivity index (χ1v) is 16.5. The molecule has 0 atom stereocenters. The molecule has 47 heavy (non-hydrogen) atoms. The van der Waals surface area contributed by atoms with E-state index in [9.17, 15) is 0 Å². The number of nitrogens with zero attached hydrogens (tertiary/aromatic N) is 2. The van der Waals surface area contributed by atoms with E-state index in [0.717, 1.165) is 0 Å². The summed E-state index contributed by atoms with van der Waals surface area (Å²) in [5.41, 5.74) is 15.2. The molecule has 10 rings (SSSR count). The first-order valence-electron chi connectivity index (χ1n) is 16.5. The highest BCUT2D eigenvalue weighted by Crippen LogP contribution is 2.50. The molecule has 0 bridgehead atoms. The van der Waals surface area contributed by atoms with Crippen molar-refractivity contribution in [2.75, 3.05) is 0 Å². The molecular weight excluding hydrogens is 569 g/mol. The van der Waals surface area contributed by atoms with E-state index in [1.807, 2.05) is 0 Å². The minimum atomic E-state index is -0.0621. The van der Waals surface area contributed by atoms with Gasteiger partial charge in [-0.1, -0.05) is 123 Å². The average Bonchev–Trinajstić information content (AvgIpc) is 3.72. The van der Waals surface area contributed by atoms with Gasteiger partial charge in [0, 0.05) is 43.9 Å². The van der Waals surface area contributed by atoms with E-state index < -0.39 is 0 Å². The smallest absolute Gasteiger partial charge is 0.0619 e. The maximum absolute atomic E-state index is 2.49. The topological polar surface area (TPSA) is 9.86 Å². The van der Waals surface area contributed by atoms with Gasteiger partial charge >= 0.3 is 0 Å². The number of para-hydroxylation sites is 4. The first kappa shape index (κ1) is 26.4. The summed E-state index contributed by atoms with van der Waals surface area (Å²) in [5, 5.41) is 5.13. The summed E-state index contributed by atoms with van der Waals surface area (Å²) >= 11 is 0. The summed E-state index contributed by atoms with van der Waals surface area (Å²) in [6, 6.07) is 58.0. The molecule has 1 aliphatic carbocycles. The van der Waals surface area contributed by atoms with Crippen LogP contribution in [0.1, 0.15) is 25.0 Å². The summed E-state index contributed by atoms with van der Waals surface area (Å²) in [4.78, 5) is 0. The Labute approximate surface area is 273 Å². The van der Waals surface area contributed by atoms with Crippen molar-refractivity contribution in [2.24, 2.45) is 0 Å². The van der Waals surface area contributed by atoms with Crippen LogP contribution in [0.15, 0.2) is 158 Å². The van der Waals surface area contributed by atoms with Crippen LogP contribution in [0, 0.1) is 0 Å². The Hall–Kier alpha value is -5.86. The van der Waals surface area contributed by atoms with Gasteiger partial charge in [0.15, 0.2) is 0 Å². The number of benzene rings is 7. The van der Waals surface area contributed by atoms with Gasteiger partial charge in [-0.05, 0) is 76.3 Å². The zero-order valence-electron chi connectivity index (χ0n) is 26.4. The SMILES string of the molecule is CC1(C)c2ccccc2-c2ccc(-c3cccc4c5c6c7ccccc7n(-c7ccccc7)c6ccc5n(-c5ccccc5)c34)cc21. The summed E-state index contributed by atoms with van der Waals surface area (Å²) < 4.78 is 4.90. The van der Waals surface area contributed by atoms with E-state index in [2.05, 4.69) is 181 Å². The van der Waals surface area contributed by atoms with Gasteiger partial charge < -0.3 is 9.13 Å². The first-order chi connectivity index (χ1) is 23.1. The number of fused-ring (bicyclic) bond motifs is 10. The summed E-state index contributed by atoms with van der Waals surface area (Å²) in [5.74, 6) is 0. The van der Waals surface area contributed by atoms with Gasteiger partial charge in [0.1, 0.15) is 0 Å². The van der Waals surface area contributed by atoms with E-state index in [1.54, 1.807) is 0 Å². The highest BCUT2D eigenvalue weighted by atomic mass is 15.0. The number of hydrogen-bond donors (Lipinski definition) is 0. The van der Waals surface area contributed by atoms with Crippen molar-refractivity contribution in [3.8, 4) is 33.6 Å². The van der Waals surface area contributed by atoms with Crippen molar-refractivity contribution in [1.29, 1.82) is 0 Å². The van der Waals surface area contributed by atoms with Crippen LogP contribution in [0.4, 0.5) is 0 Å². The Morgan fingerprint density at radius 1 is 0.404 bits per heavy atom. The molecule has 2 heteroatoms. The lowest BCUT2D eigenvalue weighted by molar-refractivity contribution is 0.660. The quantitative estimate of drug-likeness (QED) is 0.191. The lowest BCUT2D eigenvalue weighted by Gasteiger charge is -2.22. The van der Waals surface area contributed by atoms with Gasteiger partial charge in [-0.3, -0.25) is 0 Å². The number of aromatic nitrogens is 2. The molecular formula is C45H32N2. The summed E-state index contributed by atoms with van der Waals surface area (Å²) in [6.07, 6.45) is 0. The molecule has 1 aliphatic rings. The Bertz CT molecular complexity index is 2690. The molecule has 2 nitrogen and oxygen atoms in total. The van der Waals surface area contributed by atoms with Gasteiger partial charge in [-0.2, -0.15) is 0 Å². The monoisotopic (exact) mass is 600 g/mol. The molecule has 0 saturated heterocycles. The normalized spacial score (nSPS) is 13.5. The molecule has 7 aromatic carbocycles. The van der Waals surface area contributed by atoms with Crippen LogP contribution in [0.3, 0.4) is 0 Å². The minimum Gasteiger partial charge on any atom is -0.309 e. The molecule has 0 unspecified atom stereocenters. The van der Waals surface area contributed by atoms with E-state index in [0.29, 0.717) is 0 Å². The van der Waals surface area contributed by atoms with E-state index in [-0.39, 0.29) is 5.41 Å². The Kier molecular flexibility index (Phi) is 5.37. The molecule has 0 spiro atoms. The maximum atomic E-state index is 2.49. The second kappa shape index (κ2) is 9.57. The van der Waals surface area contributed by atoms with Crippen molar-refractivity contribution in [3.63, 3.8) is 0 Å². The Morgan fingerprint density at radius 2 is 0.979 bits per heavy atom. The van der Waals surface area contributed by atoms with Crippen LogP contribution in [-0.2, 0) is 5.41 Å². The highest BCUT2D eigenvalue weighted by Gasteiger charge is 2.35. The van der Waals surface area contributed by atoms with Crippen molar-refractivity contribution >= 4 is 43.6 Å². The lowest BCUT2D eigenvalue weighted by Crippen LogP contribution is -2.14. The van der Waals surface area contributed by atoms with Crippen LogP contribution in [-0.4, -0.2) is 9.13 Å². The molecule has 0 radical (unpaired) electrons. The van der Waals surface area contributed by atoms with Gasteiger partial charge in [0.25, 0.3) is 0 Å². The standard InChI is InChI=1S/C45H32N2/c1-45(2)37-22-11-9-18-33(37)34-25-24-29(28-38(34)45)32-20-13-21-36-43-41(47(44(32)36)31-16-7-4-8-17-31)27-26-40-42(43)35-19-10-12-23-39(35)46(40)30-14-5-3-6-15-30/h3-28H,1-2H3. The Balaban J connectivity index is 1.34.